The molecule has 0 atom stereocenters. The third kappa shape index (κ3) is 3.09. The van der Waals surface area contributed by atoms with Crippen LogP contribution >= 0.6 is 11.6 Å². The van der Waals surface area contributed by atoms with Crippen LogP contribution in [0.3, 0.4) is 0 Å². The quantitative estimate of drug-likeness (QED) is 0.508. The average Bonchev–Trinajstić information content (AvgIpc) is 3.11. The number of aromatic nitrogens is 3. The van der Waals surface area contributed by atoms with Crippen LogP contribution in [-0.2, 0) is 10.0 Å². The molecule has 0 saturated carbocycles. The number of nitrogens with zero attached hydrogens (tertiary/aromatic N) is 3. The molecular weight excluding hydrogens is 386 g/mol. The molecule has 2 aromatic heterocycles. The highest BCUT2D eigenvalue weighted by Crippen LogP contribution is 2.30. The molecule has 0 saturated heterocycles. The first-order valence-electron chi connectivity index (χ1n) is 7.92. The number of rotatable bonds is 4. The zero-order valence-electron chi connectivity index (χ0n) is 13.9. The van der Waals surface area contributed by atoms with Gasteiger partial charge in [-0.05, 0) is 41.9 Å². The first kappa shape index (κ1) is 17.3. The van der Waals surface area contributed by atoms with E-state index in [9.17, 15) is 8.42 Å². The van der Waals surface area contributed by atoms with Crippen molar-refractivity contribution in [3.63, 3.8) is 0 Å². The molecule has 4 rings (SSSR count). The largest absolute Gasteiger partial charge is 0.394 e. The van der Waals surface area contributed by atoms with E-state index in [4.69, 9.17) is 17.3 Å². The van der Waals surface area contributed by atoms with Crippen LogP contribution in [0.5, 0.6) is 0 Å². The summed E-state index contributed by atoms with van der Waals surface area (Å²) in [6.07, 6.45) is 2.93. The van der Waals surface area contributed by atoms with E-state index in [-0.39, 0.29) is 10.2 Å². The lowest BCUT2D eigenvalue weighted by Gasteiger charge is -2.11. The smallest absolute Gasteiger partial charge is 0.268 e. The predicted molar refractivity (Wildman–Crippen MR) is 106 cm³/mol. The molecule has 4 aromatic rings. The second-order valence-corrected chi connectivity index (χ2v) is 7.89. The van der Waals surface area contributed by atoms with E-state index in [0.717, 1.165) is 0 Å². The molecule has 0 aliphatic rings. The summed E-state index contributed by atoms with van der Waals surface area (Å²) in [6, 6.07) is 15.3. The Hall–Kier alpha value is -3.10. The minimum Gasteiger partial charge on any atom is -0.394 e. The zero-order chi connectivity index (χ0) is 19.0. The molecule has 0 aliphatic carbocycles. The third-order valence-electron chi connectivity index (χ3n) is 4.04. The molecule has 27 heavy (non-hydrogen) atoms. The van der Waals surface area contributed by atoms with Crippen LogP contribution in [0.2, 0.25) is 5.28 Å². The van der Waals surface area contributed by atoms with Gasteiger partial charge < -0.3 is 11.1 Å². The average molecular weight is 400 g/mol. The Labute approximate surface area is 160 Å². The summed E-state index contributed by atoms with van der Waals surface area (Å²) in [5.41, 5.74) is 7.39. The van der Waals surface area contributed by atoms with Gasteiger partial charge in [-0.1, -0.05) is 24.3 Å². The van der Waals surface area contributed by atoms with Gasteiger partial charge in [0.25, 0.3) is 10.0 Å². The Morgan fingerprint density at radius 2 is 1.81 bits per heavy atom. The molecular formula is C18H14ClN5O2S. The van der Waals surface area contributed by atoms with E-state index < -0.39 is 10.0 Å². The van der Waals surface area contributed by atoms with Crippen molar-refractivity contribution < 1.29 is 8.42 Å². The number of halogens is 1. The number of hydrogen-bond donors (Lipinski definition) is 2. The first-order chi connectivity index (χ1) is 13.0. The van der Waals surface area contributed by atoms with Crippen molar-refractivity contribution in [3.8, 4) is 0 Å². The molecule has 0 spiro atoms. The van der Waals surface area contributed by atoms with Crippen LogP contribution < -0.4 is 11.1 Å². The number of nitrogen functional groups attached to an aromatic ring is 1. The maximum Gasteiger partial charge on any atom is 0.268 e. The Balaban J connectivity index is 1.82. The molecule has 0 bridgehead atoms. The summed E-state index contributed by atoms with van der Waals surface area (Å²) in [6.45, 7) is 0. The maximum atomic E-state index is 13.0. The van der Waals surface area contributed by atoms with Gasteiger partial charge in [-0.2, -0.15) is 4.98 Å². The standard InChI is InChI=1S/C18H14ClN5O2S/c19-18-21-11-14(20)17(23-18)22-15-7-4-8-16-13(15)9-10-24(16)27(25,26)12-5-2-1-3-6-12/h1-11H,20H2,(H,21,22,23). The number of nitrogens with one attached hydrogen (secondary N) is 1. The van der Waals surface area contributed by atoms with E-state index in [1.54, 1.807) is 54.6 Å². The summed E-state index contributed by atoms with van der Waals surface area (Å²) >= 11 is 5.83. The van der Waals surface area contributed by atoms with Crippen LogP contribution in [0.15, 0.2) is 71.9 Å². The molecule has 0 aliphatic heterocycles. The van der Waals surface area contributed by atoms with E-state index in [1.165, 1.54) is 16.4 Å². The van der Waals surface area contributed by atoms with Gasteiger partial charge in [0, 0.05) is 17.3 Å². The van der Waals surface area contributed by atoms with Crippen molar-refractivity contribution in [2.75, 3.05) is 11.1 Å². The lowest BCUT2D eigenvalue weighted by molar-refractivity contribution is 0.589. The van der Waals surface area contributed by atoms with Crippen molar-refractivity contribution in [2.24, 2.45) is 0 Å². The Morgan fingerprint density at radius 3 is 2.59 bits per heavy atom. The molecule has 2 heterocycles. The molecule has 2 aromatic carbocycles. The fourth-order valence-corrected chi connectivity index (χ4v) is 4.27. The van der Waals surface area contributed by atoms with Crippen molar-refractivity contribution in [1.29, 1.82) is 0 Å². The van der Waals surface area contributed by atoms with E-state index in [2.05, 4.69) is 15.3 Å². The number of anilines is 3. The highest BCUT2D eigenvalue weighted by atomic mass is 35.5. The minimum atomic E-state index is -3.71. The van der Waals surface area contributed by atoms with E-state index >= 15 is 0 Å². The normalized spacial score (nSPS) is 11.6. The second kappa shape index (κ2) is 6.57. The Kier molecular flexibility index (Phi) is 4.21. The van der Waals surface area contributed by atoms with E-state index in [0.29, 0.717) is 28.1 Å². The topological polar surface area (TPSA) is 103 Å². The fourth-order valence-electron chi connectivity index (χ4n) is 2.76. The zero-order valence-corrected chi connectivity index (χ0v) is 15.4. The third-order valence-corrected chi connectivity index (χ3v) is 5.92. The highest BCUT2D eigenvalue weighted by molar-refractivity contribution is 7.90. The molecule has 0 unspecified atom stereocenters. The minimum absolute atomic E-state index is 0.0584. The van der Waals surface area contributed by atoms with Crippen LogP contribution in [0.25, 0.3) is 10.9 Å². The number of hydrogen-bond acceptors (Lipinski definition) is 6. The van der Waals surface area contributed by atoms with Crippen molar-refractivity contribution >= 4 is 49.7 Å². The van der Waals surface area contributed by atoms with Crippen LogP contribution in [0.4, 0.5) is 17.2 Å². The van der Waals surface area contributed by atoms with E-state index in [1.807, 2.05) is 0 Å². The van der Waals surface area contributed by atoms with Crippen molar-refractivity contribution in [3.05, 3.63) is 72.3 Å². The molecule has 0 radical (unpaired) electrons. The van der Waals surface area contributed by atoms with Crippen LogP contribution in [0.1, 0.15) is 0 Å². The summed E-state index contributed by atoms with van der Waals surface area (Å²) in [7, 11) is -3.71. The monoisotopic (exact) mass is 399 g/mol. The lowest BCUT2D eigenvalue weighted by atomic mass is 10.2. The summed E-state index contributed by atoms with van der Waals surface area (Å²) in [5.74, 6) is 0.348. The highest BCUT2D eigenvalue weighted by Gasteiger charge is 2.19. The number of nitrogens with two attached hydrogens (primary N) is 1. The van der Waals surface area contributed by atoms with Crippen LogP contribution in [0, 0.1) is 0 Å². The van der Waals surface area contributed by atoms with Gasteiger partial charge in [0.2, 0.25) is 5.28 Å². The Bertz CT molecular complexity index is 1240. The molecule has 3 N–H and O–H groups in total. The summed E-state index contributed by atoms with van der Waals surface area (Å²) in [5, 5.41) is 3.85. The Morgan fingerprint density at radius 1 is 1.04 bits per heavy atom. The SMILES string of the molecule is Nc1cnc(Cl)nc1Nc1cccc2c1ccn2S(=O)(=O)c1ccccc1. The number of fused-ring (bicyclic) bond motifs is 1. The van der Waals surface area contributed by atoms with Gasteiger partial charge in [0.1, 0.15) is 0 Å². The molecule has 0 fully saturated rings. The van der Waals surface area contributed by atoms with Gasteiger partial charge in [-0.3, -0.25) is 0 Å². The lowest BCUT2D eigenvalue weighted by Crippen LogP contribution is -2.11. The molecule has 9 heteroatoms. The number of benzene rings is 2. The predicted octanol–water partition coefficient (Wildman–Crippen LogP) is 3.65. The van der Waals surface area contributed by atoms with Crippen molar-refractivity contribution in [1.82, 2.24) is 13.9 Å². The molecule has 136 valence electrons. The summed E-state index contributed by atoms with van der Waals surface area (Å²) < 4.78 is 27.2. The fraction of sp³-hybridized carbons (Fsp3) is 0. The van der Waals surface area contributed by atoms with Crippen molar-refractivity contribution in [2.45, 2.75) is 4.90 Å². The van der Waals surface area contributed by atoms with Crippen LogP contribution in [-0.4, -0.2) is 22.4 Å². The maximum absolute atomic E-state index is 13.0. The first-order valence-corrected chi connectivity index (χ1v) is 9.74. The van der Waals surface area contributed by atoms with Gasteiger partial charge in [0.15, 0.2) is 5.82 Å². The molecule has 7 nitrogen and oxygen atoms in total. The second-order valence-electron chi connectivity index (χ2n) is 5.74. The van der Waals surface area contributed by atoms with Gasteiger partial charge in [-0.15, -0.1) is 0 Å². The molecule has 0 amide bonds. The van der Waals surface area contributed by atoms with Gasteiger partial charge in [-0.25, -0.2) is 17.4 Å². The summed E-state index contributed by atoms with van der Waals surface area (Å²) in [4.78, 5) is 8.11. The van der Waals surface area contributed by atoms with Gasteiger partial charge >= 0.3 is 0 Å². The van der Waals surface area contributed by atoms with Gasteiger partial charge in [0.05, 0.1) is 22.3 Å².